The van der Waals surface area contributed by atoms with Crippen molar-refractivity contribution in [1.29, 1.82) is 0 Å². The molecule has 8 nitrogen and oxygen atoms in total. The van der Waals surface area contributed by atoms with E-state index in [1.165, 1.54) is 29.1 Å². The van der Waals surface area contributed by atoms with E-state index in [1.807, 2.05) is 0 Å². The number of nitro benzene ring substituents is 1. The van der Waals surface area contributed by atoms with Crippen molar-refractivity contribution in [1.82, 2.24) is 15.1 Å². The van der Waals surface area contributed by atoms with Crippen LogP contribution < -0.4 is 11.1 Å². The van der Waals surface area contributed by atoms with Crippen molar-refractivity contribution in [3.63, 3.8) is 0 Å². The van der Waals surface area contributed by atoms with Gasteiger partial charge in [0.1, 0.15) is 5.69 Å². The molecule has 1 aromatic carbocycles. The van der Waals surface area contributed by atoms with Crippen LogP contribution in [0.15, 0.2) is 24.4 Å². The highest BCUT2D eigenvalue weighted by Crippen LogP contribution is 2.32. The van der Waals surface area contributed by atoms with E-state index in [4.69, 9.17) is 28.9 Å². The fourth-order valence-corrected chi connectivity index (χ4v) is 3.62. The van der Waals surface area contributed by atoms with E-state index in [0.29, 0.717) is 0 Å². The molecule has 1 heterocycles. The Bertz CT molecular complexity index is 823. The largest absolute Gasteiger partial charge is 0.348 e. The van der Waals surface area contributed by atoms with Gasteiger partial charge in [0.2, 0.25) is 0 Å². The number of nitrogens with two attached hydrogens (primary N) is 1. The van der Waals surface area contributed by atoms with Gasteiger partial charge in [-0.05, 0) is 31.7 Å². The lowest BCUT2D eigenvalue weighted by atomic mass is 9.92. The van der Waals surface area contributed by atoms with Crippen LogP contribution in [0.3, 0.4) is 0 Å². The predicted octanol–water partition coefficient (Wildman–Crippen LogP) is 3.09. The van der Waals surface area contributed by atoms with E-state index < -0.39 is 4.92 Å². The van der Waals surface area contributed by atoms with Gasteiger partial charge in [-0.1, -0.05) is 23.2 Å². The molecule has 0 atom stereocenters. The highest BCUT2D eigenvalue weighted by Gasteiger charge is 2.22. The van der Waals surface area contributed by atoms with Gasteiger partial charge in [0.15, 0.2) is 5.69 Å². The van der Waals surface area contributed by atoms with Crippen LogP contribution in [0.2, 0.25) is 10.0 Å². The molecule has 3 rings (SSSR count). The number of halogens is 2. The minimum absolute atomic E-state index is 0.0699. The third kappa shape index (κ3) is 3.98. The molecule has 3 N–H and O–H groups in total. The van der Waals surface area contributed by atoms with E-state index in [-0.39, 0.29) is 45.1 Å². The number of aromatic nitrogens is 2. The van der Waals surface area contributed by atoms with Crippen LogP contribution in [0.1, 0.15) is 36.2 Å². The highest BCUT2D eigenvalue weighted by molar-refractivity contribution is 6.38. The second-order valence-corrected chi connectivity index (χ2v) is 7.06. The number of nitrogens with one attached hydrogen (secondary N) is 1. The number of non-ortho nitro benzene ring substituents is 1. The average Bonchev–Trinajstić information content (AvgIpc) is 3.06. The van der Waals surface area contributed by atoms with Crippen molar-refractivity contribution >= 4 is 34.8 Å². The molecule has 1 amide bonds. The highest BCUT2D eigenvalue weighted by atomic mass is 35.5. The fourth-order valence-electron chi connectivity index (χ4n) is 2.97. The van der Waals surface area contributed by atoms with Crippen LogP contribution in [-0.4, -0.2) is 32.7 Å². The molecule has 138 valence electrons. The molecule has 1 aliphatic carbocycles. The Labute approximate surface area is 159 Å². The van der Waals surface area contributed by atoms with E-state index >= 15 is 0 Å². The average molecular weight is 398 g/mol. The number of nitrogens with zero attached hydrogens (tertiary/aromatic N) is 3. The molecule has 0 aliphatic heterocycles. The Kier molecular flexibility index (Phi) is 5.45. The third-order valence-corrected chi connectivity index (χ3v) is 4.95. The molecule has 1 saturated carbocycles. The van der Waals surface area contributed by atoms with Gasteiger partial charge in [0, 0.05) is 30.4 Å². The van der Waals surface area contributed by atoms with Gasteiger partial charge in [-0.3, -0.25) is 14.9 Å². The first-order valence-electron chi connectivity index (χ1n) is 8.11. The lowest BCUT2D eigenvalue weighted by Gasteiger charge is -2.26. The molecule has 1 aromatic heterocycles. The van der Waals surface area contributed by atoms with Crippen molar-refractivity contribution in [3.05, 3.63) is 50.2 Å². The fraction of sp³-hybridized carbons (Fsp3) is 0.375. The Morgan fingerprint density at radius 2 is 1.88 bits per heavy atom. The zero-order valence-electron chi connectivity index (χ0n) is 13.7. The summed E-state index contributed by atoms with van der Waals surface area (Å²) in [5.74, 6) is -0.293. The van der Waals surface area contributed by atoms with Crippen molar-refractivity contribution in [2.45, 2.75) is 37.8 Å². The number of carbonyl (C=O) groups excluding carboxylic acids is 1. The maximum Gasteiger partial charge on any atom is 0.272 e. The zero-order chi connectivity index (χ0) is 18.8. The van der Waals surface area contributed by atoms with Crippen molar-refractivity contribution in [2.75, 3.05) is 0 Å². The normalized spacial score (nSPS) is 20.0. The second-order valence-electron chi connectivity index (χ2n) is 6.25. The maximum absolute atomic E-state index is 12.4. The van der Waals surface area contributed by atoms with Crippen LogP contribution >= 0.6 is 23.2 Å². The van der Waals surface area contributed by atoms with Gasteiger partial charge in [-0.15, -0.1) is 0 Å². The van der Waals surface area contributed by atoms with E-state index in [9.17, 15) is 14.9 Å². The molecular formula is C16H17Cl2N5O3. The quantitative estimate of drug-likeness (QED) is 0.607. The molecule has 0 radical (unpaired) electrons. The van der Waals surface area contributed by atoms with Gasteiger partial charge < -0.3 is 11.1 Å². The summed E-state index contributed by atoms with van der Waals surface area (Å²) in [6, 6.07) is 4.20. The minimum atomic E-state index is -0.584. The van der Waals surface area contributed by atoms with E-state index in [2.05, 4.69) is 10.4 Å². The molecule has 0 spiro atoms. The monoisotopic (exact) mass is 397 g/mol. The number of hydrogen-bond acceptors (Lipinski definition) is 5. The summed E-state index contributed by atoms with van der Waals surface area (Å²) in [6.07, 6.45) is 4.98. The minimum Gasteiger partial charge on any atom is -0.348 e. The summed E-state index contributed by atoms with van der Waals surface area (Å²) < 4.78 is 1.33. The number of benzene rings is 1. The molecule has 1 fully saturated rings. The number of hydrogen-bond donors (Lipinski definition) is 2. The SMILES string of the molecule is NC1CCC(NC(=O)c2ccn(-c3c(Cl)cc([N+](=O)[O-])cc3Cl)n2)CC1. The Hall–Kier alpha value is -2.16. The Balaban J connectivity index is 1.77. The van der Waals surface area contributed by atoms with E-state index in [1.54, 1.807) is 0 Å². The van der Waals surface area contributed by atoms with Gasteiger partial charge in [0.05, 0.1) is 15.0 Å². The molecule has 0 bridgehead atoms. The number of rotatable bonds is 4. The van der Waals surface area contributed by atoms with Crippen LogP contribution in [-0.2, 0) is 0 Å². The van der Waals surface area contributed by atoms with Crippen LogP contribution in [0.25, 0.3) is 5.69 Å². The summed E-state index contributed by atoms with van der Waals surface area (Å²) in [5.41, 5.74) is 6.14. The number of carbonyl (C=O) groups is 1. The first-order valence-corrected chi connectivity index (χ1v) is 8.86. The van der Waals surface area contributed by atoms with Gasteiger partial charge in [0.25, 0.3) is 11.6 Å². The van der Waals surface area contributed by atoms with Crippen molar-refractivity contribution in [2.24, 2.45) is 5.73 Å². The maximum atomic E-state index is 12.4. The van der Waals surface area contributed by atoms with Crippen LogP contribution in [0.4, 0.5) is 5.69 Å². The Morgan fingerprint density at radius 1 is 1.27 bits per heavy atom. The first-order chi connectivity index (χ1) is 12.3. The Morgan fingerprint density at radius 3 is 2.46 bits per heavy atom. The van der Waals surface area contributed by atoms with Crippen LogP contribution in [0, 0.1) is 10.1 Å². The molecule has 0 unspecified atom stereocenters. The molecule has 2 aromatic rings. The topological polar surface area (TPSA) is 116 Å². The van der Waals surface area contributed by atoms with Gasteiger partial charge in [-0.25, -0.2) is 4.68 Å². The van der Waals surface area contributed by atoms with Gasteiger partial charge >= 0.3 is 0 Å². The molecule has 10 heteroatoms. The summed E-state index contributed by atoms with van der Waals surface area (Å²) in [7, 11) is 0. The smallest absolute Gasteiger partial charge is 0.272 e. The number of amides is 1. The zero-order valence-corrected chi connectivity index (χ0v) is 15.2. The standard InChI is InChI=1S/C16H17Cl2N5O3/c17-12-7-11(23(25)26)8-13(18)15(12)22-6-5-14(21-22)16(24)20-10-3-1-9(19)2-4-10/h5-10H,1-4,19H2,(H,20,24). The van der Waals surface area contributed by atoms with Crippen molar-refractivity contribution < 1.29 is 9.72 Å². The lowest BCUT2D eigenvalue weighted by Crippen LogP contribution is -2.40. The van der Waals surface area contributed by atoms with E-state index in [0.717, 1.165) is 25.7 Å². The number of nitro groups is 1. The summed E-state index contributed by atoms with van der Waals surface area (Å²) >= 11 is 12.2. The van der Waals surface area contributed by atoms with Crippen molar-refractivity contribution in [3.8, 4) is 5.69 Å². The summed E-state index contributed by atoms with van der Waals surface area (Å²) in [6.45, 7) is 0. The summed E-state index contributed by atoms with van der Waals surface area (Å²) in [4.78, 5) is 22.7. The molecule has 1 aliphatic rings. The van der Waals surface area contributed by atoms with Gasteiger partial charge in [-0.2, -0.15) is 5.10 Å². The summed E-state index contributed by atoms with van der Waals surface area (Å²) in [5, 5.41) is 18.1. The predicted molar refractivity (Wildman–Crippen MR) is 97.9 cm³/mol. The van der Waals surface area contributed by atoms with Crippen LogP contribution in [0.5, 0.6) is 0 Å². The lowest BCUT2D eigenvalue weighted by molar-refractivity contribution is -0.384. The third-order valence-electron chi connectivity index (χ3n) is 4.37. The molecule has 0 saturated heterocycles. The second kappa shape index (κ2) is 7.61. The molecule has 26 heavy (non-hydrogen) atoms. The first kappa shape index (κ1) is 18.6. The molecular weight excluding hydrogens is 381 g/mol.